The van der Waals surface area contributed by atoms with E-state index in [1.165, 1.54) is 36.6 Å². The summed E-state index contributed by atoms with van der Waals surface area (Å²) in [5.41, 5.74) is 1.79. The van der Waals surface area contributed by atoms with E-state index in [9.17, 15) is 18.8 Å². The van der Waals surface area contributed by atoms with Crippen LogP contribution >= 0.6 is 11.3 Å². The topological polar surface area (TPSA) is 88.9 Å². The summed E-state index contributed by atoms with van der Waals surface area (Å²) in [4.78, 5) is 38.9. The minimum atomic E-state index is -0.447. The number of ether oxygens (including phenoxy) is 1. The van der Waals surface area contributed by atoms with Gasteiger partial charge in [-0.05, 0) is 48.9 Å². The van der Waals surface area contributed by atoms with Crippen LogP contribution in [0.4, 0.5) is 15.1 Å². The number of thiophene rings is 1. The number of nitrogens with one attached hydrogen (secondary N) is 3. The molecule has 0 aliphatic heterocycles. The number of anilines is 2. The van der Waals surface area contributed by atoms with E-state index >= 15 is 0 Å². The Bertz CT molecular complexity index is 991. The average molecular weight is 449 g/mol. The van der Waals surface area contributed by atoms with Gasteiger partial charge >= 0.3 is 5.97 Å². The lowest BCUT2D eigenvalue weighted by Crippen LogP contribution is -3.11. The van der Waals surface area contributed by atoms with E-state index < -0.39 is 11.8 Å². The van der Waals surface area contributed by atoms with Crippen LogP contribution in [0.1, 0.15) is 34.1 Å². The molecule has 2 amide bonds. The molecule has 3 rings (SSSR count). The number of hydrogen-bond donors (Lipinski definition) is 3. The van der Waals surface area contributed by atoms with Crippen molar-refractivity contribution in [2.24, 2.45) is 5.92 Å². The predicted molar refractivity (Wildman–Crippen MR) is 117 cm³/mol. The minimum Gasteiger partial charge on any atom is -0.465 e. The van der Waals surface area contributed by atoms with Crippen LogP contribution < -0.4 is 15.5 Å². The van der Waals surface area contributed by atoms with Crippen LogP contribution in [-0.4, -0.2) is 45.0 Å². The highest BCUT2D eigenvalue weighted by Crippen LogP contribution is 2.39. The number of quaternary nitrogens is 1. The highest BCUT2D eigenvalue weighted by atomic mass is 32.1. The van der Waals surface area contributed by atoms with E-state index in [-0.39, 0.29) is 24.9 Å². The number of rotatable bonds is 7. The maximum absolute atomic E-state index is 13.2. The second-order valence-electron chi connectivity index (χ2n) is 7.96. The molecule has 1 aliphatic rings. The van der Waals surface area contributed by atoms with E-state index in [1.807, 2.05) is 0 Å². The number of amides is 2. The van der Waals surface area contributed by atoms with Gasteiger partial charge in [0.2, 0.25) is 0 Å². The third-order valence-corrected chi connectivity index (χ3v) is 6.36. The van der Waals surface area contributed by atoms with Crippen LogP contribution in [0.5, 0.6) is 0 Å². The lowest BCUT2D eigenvalue weighted by molar-refractivity contribution is -0.862. The standard InChI is InChI=1S/C22H26FN3O4S/c1-13-7-8-16-17(9-13)31-21(20(16)22(29)30-3)25-19(28)12-26(2)11-18(27)24-15-6-4-5-14(23)10-15/h4-6,10,13H,7-9,11-12H2,1-3H3,(H,24,27)(H,25,28)/p+1/t13-/m0/s1. The number of esters is 1. The van der Waals surface area contributed by atoms with E-state index in [4.69, 9.17) is 4.74 Å². The Morgan fingerprint density at radius 3 is 2.61 bits per heavy atom. The van der Waals surface area contributed by atoms with Gasteiger partial charge in [0.25, 0.3) is 11.8 Å². The molecule has 0 saturated heterocycles. The largest absolute Gasteiger partial charge is 0.465 e. The summed E-state index contributed by atoms with van der Waals surface area (Å²) < 4.78 is 18.2. The molecule has 2 atom stereocenters. The Morgan fingerprint density at radius 2 is 1.94 bits per heavy atom. The van der Waals surface area contributed by atoms with Crippen molar-refractivity contribution in [3.8, 4) is 0 Å². The van der Waals surface area contributed by atoms with E-state index in [0.29, 0.717) is 27.1 Å². The summed E-state index contributed by atoms with van der Waals surface area (Å²) in [7, 11) is 3.05. The lowest BCUT2D eigenvalue weighted by Gasteiger charge is -2.18. The van der Waals surface area contributed by atoms with E-state index in [2.05, 4.69) is 17.6 Å². The van der Waals surface area contributed by atoms with Crippen molar-refractivity contribution in [2.75, 3.05) is 37.9 Å². The third-order valence-electron chi connectivity index (χ3n) is 5.19. The highest BCUT2D eigenvalue weighted by molar-refractivity contribution is 7.17. The maximum Gasteiger partial charge on any atom is 0.341 e. The van der Waals surface area contributed by atoms with Crippen molar-refractivity contribution >= 4 is 39.8 Å². The van der Waals surface area contributed by atoms with Gasteiger partial charge in [0.05, 0.1) is 19.7 Å². The number of hydrogen-bond acceptors (Lipinski definition) is 5. The van der Waals surface area contributed by atoms with Crippen LogP contribution in [0.25, 0.3) is 0 Å². The zero-order chi connectivity index (χ0) is 22.5. The number of methoxy groups -OCH3 is 1. The molecule has 1 aromatic heterocycles. The number of likely N-dealkylation sites (N-methyl/N-ethyl adjacent to an activating group) is 1. The molecule has 3 N–H and O–H groups in total. The number of benzene rings is 1. The van der Waals surface area contributed by atoms with Crippen LogP contribution in [0.3, 0.4) is 0 Å². The highest BCUT2D eigenvalue weighted by Gasteiger charge is 2.29. The fraction of sp³-hybridized carbons (Fsp3) is 0.409. The zero-order valence-electron chi connectivity index (χ0n) is 17.8. The molecule has 2 aromatic rings. The van der Waals surface area contributed by atoms with Crippen molar-refractivity contribution in [1.82, 2.24) is 0 Å². The molecule has 31 heavy (non-hydrogen) atoms. The molecular weight excluding hydrogens is 421 g/mol. The molecule has 9 heteroatoms. The monoisotopic (exact) mass is 448 g/mol. The van der Waals surface area contributed by atoms with Gasteiger partial charge in [0, 0.05) is 10.6 Å². The van der Waals surface area contributed by atoms with Crippen LogP contribution in [0.2, 0.25) is 0 Å². The molecule has 1 aromatic carbocycles. The third kappa shape index (κ3) is 5.89. The first kappa shape index (κ1) is 22.9. The van der Waals surface area contributed by atoms with Gasteiger partial charge in [0.15, 0.2) is 13.1 Å². The van der Waals surface area contributed by atoms with Crippen molar-refractivity contribution < 1.29 is 28.4 Å². The summed E-state index contributed by atoms with van der Waals surface area (Å²) in [6.07, 6.45) is 2.67. The molecule has 0 fully saturated rings. The molecule has 0 saturated carbocycles. The van der Waals surface area contributed by atoms with Gasteiger partial charge < -0.3 is 20.3 Å². The Balaban J connectivity index is 1.61. The molecule has 0 bridgehead atoms. The summed E-state index contributed by atoms with van der Waals surface area (Å²) in [6.45, 7) is 2.24. The molecule has 0 spiro atoms. The number of halogens is 1. The Hall–Kier alpha value is -2.78. The first-order valence-corrected chi connectivity index (χ1v) is 11.0. The van der Waals surface area contributed by atoms with E-state index in [1.54, 1.807) is 13.1 Å². The Morgan fingerprint density at radius 1 is 1.23 bits per heavy atom. The van der Waals surface area contributed by atoms with Crippen molar-refractivity contribution in [1.29, 1.82) is 0 Å². The van der Waals surface area contributed by atoms with Crippen molar-refractivity contribution in [2.45, 2.75) is 26.2 Å². The Kier molecular flexibility index (Phi) is 7.40. The fourth-order valence-electron chi connectivity index (χ4n) is 3.71. The number of fused-ring (bicyclic) bond motifs is 1. The zero-order valence-corrected chi connectivity index (χ0v) is 18.7. The van der Waals surface area contributed by atoms with Gasteiger partial charge in [0.1, 0.15) is 10.8 Å². The van der Waals surface area contributed by atoms with Gasteiger partial charge in [-0.3, -0.25) is 9.59 Å². The summed E-state index contributed by atoms with van der Waals surface area (Å²) in [5, 5.41) is 5.96. The molecule has 166 valence electrons. The minimum absolute atomic E-state index is 0.0340. The normalized spacial score (nSPS) is 16.2. The summed E-state index contributed by atoms with van der Waals surface area (Å²) in [6, 6.07) is 5.63. The van der Waals surface area contributed by atoms with Gasteiger partial charge in [-0.15, -0.1) is 11.3 Å². The van der Waals surface area contributed by atoms with Crippen LogP contribution in [0.15, 0.2) is 24.3 Å². The summed E-state index contributed by atoms with van der Waals surface area (Å²) >= 11 is 1.43. The number of carbonyl (C=O) groups excluding carboxylic acids is 3. The Labute approximate surface area is 184 Å². The summed E-state index contributed by atoms with van der Waals surface area (Å²) in [5.74, 6) is -0.975. The first-order chi connectivity index (χ1) is 14.8. The lowest BCUT2D eigenvalue weighted by atomic mass is 9.88. The molecule has 1 unspecified atom stereocenters. The molecular formula is C22H27FN3O4S+. The van der Waals surface area contributed by atoms with Crippen molar-refractivity contribution in [3.05, 3.63) is 46.1 Å². The first-order valence-electron chi connectivity index (χ1n) is 10.2. The van der Waals surface area contributed by atoms with Crippen molar-refractivity contribution in [3.63, 3.8) is 0 Å². The van der Waals surface area contributed by atoms with Gasteiger partial charge in [-0.25, -0.2) is 9.18 Å². The van der Waals surface area contributed by atoms with Gasteiger partial charge in [-0.2, -0.15) is 0 Å². The second kappa shape index (κ2) is 10.0. The fourth-order valence-corrected chi connectivity index (χ4v) is 5.12. The molecule has 1 heterocycles. The van der Waals surface area contributed by atoms with E-state index in [0.717, 1.165) is 29.7 Å². The predicted octanol–water partition coefficient (Wildman–Crippen LogP) is 1.89. The quantitative estimate of drug-likeness (QED) is 0.565. The SMILES string of the molecule is COC(=O)c1c(NC(=O)C[NH+](C)CC(=O)Nc2cccc(F)c2)sc2c1CC[C@H](C)C2. The average Bonchev–Trinajstić information content (AvgIpc) is 3.03. The maximum atomic E-state index is 13.2. The van der Waals surface area contributed by atoms with Gasteiger partial charge in [-0.1, -0.05) is 13.0 Å². The second-order valence-corrected chi connectivity index (χ2v) is 9.07. The van der Waals surface area contributed by atoms with Crippen LogP contribution in [-0.2, 0) is 27.2 Å². The van der Waals surface area contributed by atoms with Crippen LogP contribution in [0, 0.1) is 11.7 Å². The molecule has 7 nitrogen and oxygen atoms in total. The smallest absolute Gasteiger partial charge is 0.341 e. The number of carbonyl (C=O) groups is 3. The molecule has 1 aliphatic carbocycles. The molecule has 0 radical (unpaired) electrons.